The number of fused-ring (bicyclic) bond motifs is 1. The normalized spacial score (nSPS) is 14.7. The first-order chi connectivity index (χ1) is 8.54. The van der Waals surface area contributed by atoms with Gasteiger partial charge in [-0.15, -0.1) is 0 Å². The second-order valence-electron chi connectivity index (χ2n) is 3.71. The fourth-order valence-electron chi connectivity index (χ4n) is 1.75. The van der Waals surface area contributed by atoms with Crippen molar-refractivity contribution in [2.24, 2.45) is 0 Å². The van der Waals surface area contributed by atoms with Crippen molar-refractivity contribution in [3.05, 3.63) is 35.2 Å². The Morgan fingerprint density at radius 2 is 2.22 bits per heavy atom. The number of anilines is 1. The van der Waals surface area contributed by atoms with Gasteiger partial charge in [-0.25, -0.2) is 9.18 Å². The van der Waals surface area contributed by atoms with Crippen LogP contribution in [0.25, 0.3) is 5.76 Å². The van der Waals surface area contributed by atoms with Crippen LogP contribution in [0.15, 0.2) is 23.8 Å². The highest BCUT2D eigenvalue weighted by Crippen LogP contribution is 2.31. The number of methoxy groups -OCH3 is 1. The Morgan fingerprint density at radius 1 is 1.50 bits per heavy atom. The van der Waals surface area contributed by atoms with Crippen molar-refractivity contribution in [3.63, 3.8) is 0 Å². The lowest BCUT2D eigenvalue weighted by atomic mass is 10.1. The molecule has 2 N–H and O–H groups in total. The highest BCUT2D eigenvalue weighted by atomic mass is 19.1. The molecule has 5 nitrogen and oxygen atoms in total. The topological polar surface area (TPSA) is 75.6 Å². The van der Waals surface area contributed by atoms with Gasteiger partial charge in [-0.2, -0.15) is 0 Å². The van der Waals surface area contributed by atoms with E-state index in [0.717, 1.165) is 13.2 Å². The molecule has 6 heteroatoms. The summed E-state index contributed by atoms with van der Waals surface area (Å²) in [7, 11) is 1.12. The number of halogens is 1. The van der Waals surface area contributed by atoms with Crippen molar-refractivity contribution >= 4 is 23.3 Å². The van der Waals surface area contributed by atoms with Crippen molar-refractivity contribution < 1.29 is 23.8 Å². The van der Waals surface area contributed by atoms with E-state index < -0.39 is 23.5 Å². The molecule has 1 amide bonds. The number of hydrogen-bond acceptors (Lipinski definition) is 4. The first-order valence-corrected chi connectivity index (χ1v) is 5.13. The van der Waals surface area contributed by atoms with Gasteiger partial charge in [-0.1, -0.05) is 6.07 Å². The minimum absolute atomic E-state index is 0.122. The molecule has 1 aliphatic heterocycles. The van der Waals surface area contributed by atoms with E-state index in [4.69, 9.17) is 0 Å². The van der Waals surface area contributed by atoms with Crippen LogP contribution in [-0.2, 0) is 14.3 Å². The number of nitrogens with one attached hydrogen (secondary N) is 1. The van der Waals surface area contributed by atoms with Gasteiger partial charge >= 0.3 is 5.97 Å². The zero-order valence-electron chi connectivity index (χ0n) is 9.49. The predicted molar refractivity (Wildman–Crippen MR) is 61.2 cm³/mol. The summed E-state index contributed by atoms with van der Waals surface area (Å²) in [6, 6.07) is 3.96. The summed E-state index contributed by atoms with van der Waals surface area (Å²) in [5.74, 6) is -2.69. The molecule has 94 valence electrons. The Morgan fingerprint density at radius 3 is 2.89 bits per heavy atom. The molecule has 0 saturated carbocycles. The zero-order chi connectivity index (χ0) is 13.3. The first-order valence-electron chi connectivity index (χ1n) is 5.13. The van der Waals surface area contributed by atoms with Gasteiger partial charge in [0.1, 0.15) is 11.6 Å². The summed E-state index contributed by atoms with van der Waals surface area (Å²) in [5.41, 5.74) is -0.348. The molecule has 1 aliphatic rings. The maximum Gasteiger partial charge on any atom is 0.338 e. The van der Waals surface area contributed by atoms with Crippen molar-refractivity contribution in [2.45, 2.75) is 6.42 Å². The summed E-state index contributed by atoms with van der Waals surface area (Å²) < 4.78 is 18.1. The quantitative estimate of drug-likeness (QED) is 0.743. The molecule has 0 spiro atoms. The number of hydrogen-bond donors (Lipinski definition) is 2. The van der Waals surface area contributed by atoms with Crippen LogP contribution in [0.3, 0.4) is 0 Å². The molecular formula is C12H10FNO4. The van der Waals surface area contributed by atoms with Gasteiger partial charge in [0, 0.05) is 0 Å². The number of aliphatic hydroxyl groups excluding tert-OH is 1. The van der Waals surface area contributed by atoms with Crippen molar-refractivity contribution in [1.82, 2.24) is 0 Å². The Bertz CT molecular complexity index is 565. The number of aliphatic hydroxyl groups is 1. The average molecular weight is 251 g/mol. The number of ether oxygens (including phenoxy) is 1. The van der Waals surface area contributed by atoms with Crippen molar-refractivity contribution in [1.29, 1.82) is 0 Å². The number of esters is 1. The monoisotopic (exact) mass is 251 g/mol. The lowest BCUT2D eigenvalue weighted by Crippen LogP contribution is -2.14. The van der Waals surface area contributed by atoms with Gasteiger partial charge < -0.3 is 15.2 Å². The van der Waals surface area contributed by atoms with Crippen LogP contribution < -0.4 is 5.32 Å². The molecular weight excluding hydrogens is 241 g/mol. The average Bonchev–Trinajstić information content (AvgIpc) is 2.46. The molecule has 0 bridgehead atoms. The molecule has 0 saturated heterocycles. The van der Waals surface area contributed by atoms with Crippen LogP contribution in [0.2, 0.25) is 0 Å². The van der Waals surface area contributed by atoms with Crippen molar-refractivity contribution in [2.75, 3.05) is 12.4 Å². The SMILES string of the molecule is COC(=O)C1=C(O)c2c(F)cccc2NC(=O)C1. The summed E-state index contributed by atoms with van der Waals surface area (Å²) in [4.78, 5) is 23.0. The molecule has 1 heterocycles. The summed E-state index contributed by atoms with van der Waals surface area (Å²) in [6.45, 7) is 0. The third-order valence-electron chi connectivity index (χ3n) is 2.58. The largest absolute Gasteiger partial charge is 0.507 e. The third-order valence-corrected chi connectivity index (χ3v) is 2.58. The second-order valence-corrected chi connectivity index (χ2v) is 3.71. The molecule has 0 fully saturated rings. The molecule has 0 aliphatic carbocycles. The van der Waals surface area contributed by atoms with Gasteiger partial charge in [-0.3, -0.25) is 4.79 Å². The number of carbonyl (C=O) groups excluding carboxylic acids is 2. The maximum absolute atomic E-state index is 13.7. The Hall–Kier alpha value is -2.37. The Kier molecular flexibility index (Phi) is 3.01. The van der Waals surface area contributed by atoms with E-state index in [1.54, 1.807) is 0 Å². The first kappa shape index (κ1) is 12.1. The molecule has 0 atom stereocenters. The van der Waals surface area contributed by atoms with Gasteiger partial charge in [0.05, 0.1) is 30.4 Å². The van der Waals surface area contributed by atoms with Gasteiger partial charge in [0.2, 0.25) is 5.91 Å². The molecule has 2 rings (SSSR count). The molecule has 1 aromatic carbocycles. The van der Waals surface area contributed by atoms with E-state index in [1.807, 2.05) is 0 Å². The third kappa shape index (κ3) is 1.92. The molecule has 0 aromatic heterocycles. The smallest absolute Gasteiger partial charge is 0.338 e. The highest BCUT2D eigenvalue weighted by Gasteiger charge is 2.28. The number of benzene rings is 1. The number of carbonyl (C=O) groups is 2. The minimum Gasteiger partial charge on any atom is -0.507 e. The second kappa shape index (κ2) is 4.48. The van der Waals surface area contributed by atoms with Gasteiger partial charge in [0.25, 0.3) is 0 Å². The lowest BCUT2D eigenvalue weighted by Gasteiger charge is -2.08. The number of amides is 1. The Labute approximate surface area is 102 Å². The van der Waals surface area contributed by atoms with E-state index in [-0.39, 0.29) is 23.2 Å². The minimum atomic E-state index is -0.862. The van der Waals surface area contributed by atoms with Gasteiger partial charge in [-0.05, 0) is 12.1 Å². The highest BCUT2D eigenvalue weighted by molar-refractivity contribution is 6.08. The van der Waals surface area contributed by atoms with Crippen molar-refractivity contribution in [3.8, 4) is 0 Å². The molecule has 18 heavy (non-hydrogen) atoms. The van der Waals surface area contributed by atoms with E-state index in [9.17, 15) is 19.1 Å². The molecule has 0 radical (unpaired) electrons. The van der Waals surface area contributed by atoms with E-state index in [1.165, 1.54) is 12.1 Å². The van der Waals surface area contributed by atoms with Crippen LogP contribution in [0.5, 0.6) is 0 Å². The fraction of sp³-hybridized carbons (Fsp3) is 0.167. The van der Waals surface area contributed by atoms with Gasteiger partial charge in [0.15, 0.2) is 0 Å². The van der Waals surface area contributed by atoms with Crippen LogP contribution in [0.4, 0.5) is 10.1 Å². The zero-order valence-corrected chi connectivity index (χ0v) is 9.49. The summed E-state index contributed by atoms with van der Waals surface area (Å²) in [5, 5.41) is 12.4. The van der Waals surface area contributed by atoms with E-state index >= 15 is 0 Å². The van der Waals surface area contributed by atoms with E-state index in [0.29, 0.717) is 0 Å². The number of rotatable bonds is 1. The van der Waals surface area contributed by atoms with Crippen LogP contribution in [0, 0.1) is 5.82 Å². The summed E-state index contributed by atoms with van der Waals surface area (Å²) in [6.07, 6.45) is -0.368. The molecule has 0 unspecified atom stereocenters. The fourth-order valence-corrected chi connectivity index (χ4v) is 1.75. The van der Waals surface area contributed by atoms with Crippen LogP contribution in [-0.4, -0.2) is 24.1 Å². The van der Waals surface area contributed by atoms with Crippen LogP contribution >= 0.6 is 0 Å². The van der Waals surface area contributed by atoms with E-state index in [2.05, 4.69) is 10.1 Å². The predicted octanol–water partition coefficient (Wildman–Crippen LogP) is 1.61. The summed E-state index contributed by atoms with van der Waals surface area (Å²) >= 11 is 0. The van der Waals surface area contributed by atoms with Crippen LogP contribution in [0.1, 0.15) is 12.0 Å². The molecule has 1 aromatic rings. The lowest BCUT2D eigenvalue weighted by molar-refractivity contribution is -0.137. The maximum atomic E-state index is 13.7. The Balaban J connectivity index is 2.68. The standard InChI is InChI=1S/C12H10FNO4/c1-18-12(17)6-5-9(15)14-8-4-2-3-7(13)10(8)11(6)16/h2-4,16H,5H2,1H3,(H,14,15).